The van der Waals surface area contributed by atoms with Crippen molar-refractivity contribution in [3.05, 3.63) is 78.5 Å². The first kappa shape index (κ1) is 22.8. The number of ether oxygens (including phenoxy) is 2. The van der Waals surface area contributed by atoms with Crippen molar-refractivity contribution in [3.63, 3.8) is 0 Å². The van der Waals surface area contributed by atoms with Gasteiger partial charge in [0.05, 0.1) is 31.0 Å². The molecule has 0 saturated carbocycles. The fourth-order valence-corrected chi connectivity index (χ4v) is 5.53. The van der Waals surface area contributed by atoms with E-state index < -0.39 is 0 Å². The Kier molecular flexibility index (Phi) is 6.52. The largest absolute Gasteiger partial charge is 0.497 e. The summed E-state index contributed by atoms with van der Waals surface area (Å²) in [6.07, 6.45) is 6.10. The quantitative estimate of drug-likeness (QED) is 0.362. The molecule has 6 rings (SSSR count). The van der Waals surface area contributed by atoms with Crippen LogP contribution >= 0.6 is 0 Å². The molecule has 178 valence electrons. The van der Waals surface area contributed by atoms with Crippen molar-refractivity contribution in [2.75, 3.05) is 25.4 Å². The third-order valence-corrected chi connectivity index (χ3v) is 7.39. The van der Waals surface area contributed by atoms with Crippen molar-refractivity contribution in [2.45, 2.75) is 31.6 Å². The van der Waals surface area contributed by atoms with E-state index >= 15 is 0 Å². The number of hydrogen-bond acceptors (Lipinski definition) is 7. The van der Waals surface area contributed by atoms with Crippen LogP contribution in [0.1, 0.15) is 30.1 Å². The van der Waals surface area contributed by atoms with Crippen LogP contribution in [0.4, 0.5) is 5.69 Å². The van der Waals surface area contributed by atoms with Crippen molar-refractivity contribution in [3.8, 4) is 5.75 Å². The Morgan fingerprint density at radius 3 is 2.71 bits per heavy atom. The Labute approximate surface area is 199 Å². The van der Waals surface area contributed by atoms with Crippen LogP contribution in [0.2, 0.25) is 0 Å². The number of aromatic nitrogens is 1. The fraction of sp³-hybridized carbons (Fsp3) is 0.370. The number of fused-ring (bicyclic) bond motifs is 4. The van der Waals surface area contributed by atoms with E-state index in [1.54, 1.807) is 19.2 Å². The first-order valence-electron chi connectivity index (χ1n) is 11.7. The van der Waals surface area contributed by atoms with E-state index in [1.165, 1.54) is 6.42 Å². The van der Waals surface area contributed by atoms with Gasteiger partial charge in [-0.25, -0.2) is 0 Å². The molecular weight excluding hydrogens is 430 g/mol. The number of piperidine rings is 3. The molecule has 1 aromatic heterocycles. The second kappa shape index (κ2) is 9.72. The zero-order valence-electron chi connectivity index (χ0n) is 19.4. The van der Waals surface area contributed by atoms with Crippen LogP contribution in [0, 0.1) is 11.8 Å². The minimum atomic E-state index is -0.141. The summed E-state index contributed by atoms with van der Waals surface area (Å²) in [5, 5.41) is 19.6. The topological polar surface area (TPSA) is 78.3 Å². The number of nitrogens with zero attached hydrogens (tertiary/aromatic N) is 3. The average molecular weight is 462 g/mol. The van der Waals surface area contributed by atoms with Gasteiger partial charge in [0.1, 0.15) is 5.75 Å². The Balaban J connectivity index is 1.49. The molecule has 34 heavy (non-hydrogen) atoms. The first-order chi connectivity index (χ1) is 16.6. The van der Waals surface area contributed by atoms with Crippen molar-refractivity contribution in [2.24, 2.45) is 11.8 Å². The van der Waals surface area contributed by atoms with Crippen molar-refractivity contribution in [1.29, 1.82) is 0 Å². The molecule has 3 aliphatic rings. The molecule has 3 aromatic rings. The Morgan fingerprint density at radius 1 is 1.21 bits per heavy atom. The molecule has 3 saturated heterocycles. The van der Waals surface area contributed by atoms with Gasteiger partial charge in [-0.15, -0.1) is 11.8 Å². The fourth-order valence-electron chi connectivity index (χ4n) is 5.53. The molecule has 0 amide bonds. The van der Waals surface area contributed by atoms with E-state index in [-0.39, 0.29) is 17.4 Å². The number of methoxy groups -OCH3 is 1. The van der Waals surface area contributed by atoms with Crippen LogP contribution in [-0.2, 0) is 11.3 Å². The monoisotopic (exact) mass is 461 g/mol. The van der Waals surface area contributed by atoms with Gasteiger partial charge in [-0.2, -0.15) is 0 Å². The zero-order valence-corrected chi connectivity index (χ0v) is 19.4. The molecule has 0 radical (unpaired) electrons. The van der Waals surface area contributed by atoms with E-state index in [9.17, 15) is 10.4 Å². The smallest absolute Gasteiger partial charge is 0.119 e. The second-order valence-electron chi connectivity index (χ2n) is 9.22. The van der Waals surface area contributed by atoms with E-state index in [4.69, 9.17) is 9.47 Å². The van der Waals surface area contributed by atoms with E-state index in [1.807, 2.05) is 36.5 Å². The van der Waals surface area contributed by atoms with Gasteiger partial charge >= 0.3 is 0 Å². The maximum absolute atomic E-state index is 9.23. The van der Waals surface area contributed by atoms with E-state index in [2.05, 4.69) is 28.6 Å². The minimum absolute atomic E-state index is 0.117. The van der Waals surface area contributed by atoms with E-state index in [0.717, 1.165) is 47.3 Å². The maximum atomic E-state index is 9.23. The van der Waals surface area contributed by atoms with Gasteiger partial charge in [-0.1, -0.05) is 18.2 Å². The lowest BCUT2D eigenvalue weighted by molar-refractivity contribution is -0.0803. The Bertz CT molecular complexity index is 1150. The molecule has 2 aromatic carbocycles. The summed E-state index contributed by atoms with van der Waals surface area (Å²) in [5.74, 6) is 1.96. The molecule has 3 fully saturated rings. The number of benzene rings is 2. The van der Waals surface area contributed by atoms with Gasteiger partial charge < -0.3 is 9.47 Å². The number of hydrogen-bond donors (Lipinski definition) is 2. The van der Waals surface area contributed by atoms with Crippen LogP contribution in [0.3, 0.4) is 0 Å². The average Bonchev–Trinajstić information content (AvgIpc) is 2.89. The highest BCUT2D eigenvalue weighted by molar-refractivity contribution is 5.84. The molecule has 0 aliphatic carbocycles. The third-order valence-electron chi connectivity index (χ3n) is 7.39. The number of anilines is 1. The Morgan fingerprint density at radius 2 is 2.03 bits per heavy atom. The summed E-state index contributed by atoms with van der Waals surface area (Å²) in [6.45, 7) is 6.57. The highest BCUT2D eigenvalue weighted by atomic mass is 16.8. The number of pyridine rings is 1. The van der Waals surface area contributed by atoms with Gasteiger partial charge in [-0.05, 0) is 78.7 Å². The summed E-state index contributed by atoms with van der Waals surface area (Å²) < 4.78 is 12.2. The van der Waals surface area contributed by atoms with E-state index in [0.29, 0.717) is 24.1 Å². The van der Waals surface area contributed by atoms with Crippen molar-refractivity contribution < 1.29 is 19.9 Å². The predicted octanol–water partition coefficient (Wildman–Crippen LogP) is 4.98. The zero-order chi connectivity index (χ0) is 23.7. The molecule has 4 unspecified atom stereocenters. The molecule has 0 spiro atoms. The Hall–Kier alpha value is -2.97. The predicted molar refractivity (Wildman–Crippen MR) is 130 cm³/mol. The summed E-state index contributed by atoms with van der Waals surface area (Å²) >= 11 is 0. The normalized spacial score (nSPS) is 24.7. The first-order valence-corrected chi connectivity index (χ1v) is 11.7. The molecular formula is C27H31N3O4. The van der Waals surface area contributed by atoms with Crippen LogP contribution in [0.15, 0.2) is 67.4 Å². The van der Waals surface area contributed by atoms with Gasteiger partial charge in [-0.3, -0.25) is 20.3 Å². The lowest BCUT2D eigenvalue weighted by atomic mass is 9.73. The molecule has 7 heteroatoms. The highest BCUT2D eigenvalue weighted by Crippen LogP contribution is 2.44. The van der Waals surface area contributed by atoms with Gasteiger partial charge in [0.2, 0.25) is 0 Å². The molecule has 4 heterocycles. The molecule has 7 nitrogen and oxygen atoms in total. The SMILES string of the molecule is C=CC1CN2CCC1CC2[C@H](OCc1ccc(N(O)O)cc1)c1ccnc2ccc(OC)cc12. The highest BCUT2D eigenvalue weighted by Gasteiger charge is 2.43. The van der Waals surface area contributed by atoms with Crippen LogP contribution in [-0.4, -0.2) is 46.5 Å². The summed E-state index contributed by atoms with van der Waals surface area (Å²) in [4.78, 5) is 7.13. The van der Waals surface area contributed by atoms with Gasteiger partial charge in [0.15, 0.2) is 0 Å². The van der Waals surface area contributed by atoms with Crippen LogP contribution < -0.4 is 9.96 Å². The standard InChI is InChI=1S/C27H31N3O4/c1-3-19-16-29-13-11-20(19)14-26(29)27(34-17-18-4-6-21(7-5-18)30(31)32)23-10-12-28-25-9-8-22(33-2)15-24(23)25/h3-10,12,15,19-20,26-27,31-32H,1,11,13-14,16-17H2,2H3/t19?,20?,26?,27-/m1/s1. The number of rotatable bonds is 8. The summed E-state index contributed by atoms with van der Waals surface area (Å²) in [6, 6.07) is 15.3. The third kappa shape index (κ3) is 4.40. The maximum Gasteiger partial charge on any atom is 0.119 e. The summed E-state index contributed by atoms with van der Waals surface area (Å²) in [7, 11) is 1.68. The van der Waals surface area contributed by atoms with Crippen molar-refractivity contribution >= 4 is 16.6 Å². The molecule has 5 atom stereocenters. The molecule has 2 N–H and O–H groups in total. The van der Waals surface area contributed by atoms with Gasteiger partial charge in [0.25, 0.3) is 0 Å². The van der Waals surface area contributed by atoms with Crippen molar-refractivity contribution in [1.82, 2.24) is 9.88 Å². The van der Waals surface area contributed by atoms with Crippen LogP contribution in [0.25, 0.3) is 10.9 Å². The molecule has 3 aliphatic heterocycles. The minimum Gasteiger partial charge on any atom is -0.497 e. The molecule has 2 bridgehead atoms. The summed E-state index contributed by atoms with van der Waals surface area (Å²) in [5.41, 5.74) is 3.30. The lowest BCUT2D eigenvalue weighted by Crippen LogP contribution is -2.55. The lowest BCUT2D eigenvalue weighted by Gasteiger charge is -2.51. The van der Waals surface area contributed by atoms with Crippen LogP contribution in [0.5, 0.6) is 5.75 Å². The second-order valence-corrected chi connectivity index (χ2v) is 9.22. The van der Waals surface area contributed by atoms with Gasteiger partial charge in [0, 0.05) is 24.2 Å².